The van der Waals surface area contributed by atoms with Crippen LogP contribution in [0.25, 0.3) is 10.9 Å². The molecule has 1 heterocycles. The number of pyridine rings is 1. The first kappa shape index (κ1) is 10.6. The normalized spacial score (nSPS) is 9.42. The van der Waals surface area contributed by atoms with Crippen molar-refractivity contribution in [1.29, 1.82) is 0 Å². The molecule has 0 aliphatic heterocycles. The molecule has 0 aliphatic carbocycles. The van der Waals surface area contributed by atoms with Crippen LogP contribution in [0.1, 0.15) is 0 Å². The van der Waals surface area contributed by atoms with E-state index < -0.39 is 0 Å². The van der Waals surface area contributed by atoms with Crippen LogP contribution in [0.4, 0.5) is 0 Å². The van der Waals surface area contributed by atoms with Gasteiger partial charge in [0.2, 0.25) is 0 Å². The summed E-state index contributed by atoms with van der Waals surface area (Å²) in [5.74, 6) is 0. The Morgan fingerprint density at radius 3 is 2.92 bits per heavy atom. The average molecular weight is 202 g/mol. The molecule has 2 aromatic rings. The smallest absolute Gasteiger partial charge is 0.283 e. The molecule has 12 heavy (non-hydrogen) atoms. The Hall–Kier alpha value is 0.556. The number of benzene rings is 1. The van der Waals surface area contributed by atoms with Gasteiger partial charge in [-0.3, -0.25) is 4.98 Å². The van der Waals surface area contributed by atoms with Gasteiger partial charge in [-0.05, 0) is 5.52 Å². The van der Waals surface area contributed by atoms with Gasteiger partial charge in [0.15, 0.2) is 0 Å². The van der Waals surface area contributed by atoms with E-state index in [2.05, 4.69) is 11.1 Å². The fourth-order valence-corrected chi connectivity index (χ4v) is 1.21. The Bertz CT molecular complexity index is 384. The fraction of sp³-hybridized carbons (Fsp3) is 0. The third-order valence-corrected chi connectivity index (χ3v) is 1.84. The van der Waals surface area contributed by atoms with Gasteiger partial charge in [0.05, 0.1) is 0 Å². The number of hydrogen-bond donors (Lipinski definition) is 0. The molecule has 1 nitrogen and oxygen atoms in total. The molecule has 3 heteroatoms. The van der Waals surface area contributed by atoms with Gasteiger partial charge in [-0.25, -0.2) is 0 Å². The molecular weight excluding hydrogens is 197 g/mol. The maximum atomic E-state index is 5.90. The van der Waals surface area contributed by atoms with Crippen molar-refractivity contribution in [2.45, 2.75) is 0 Å². The van der Waals surface area contributed by atoms with E-state index in [-0.39, 0.29) is 51.4 Å². The second-order valence-electron chi connectivity index (χ2n) is 2.23. The molecular formula is C9H5ClKN. The minimum atomic E-state index is 0. The first-order chi connectivity index (χ1) is 5.38. The standard InChI is InChI=1S/C9H5ClN.K/c10-8-4-1-5-9-7(8)3-2-6-11-9;/h1-4,6H;/q-1;+1. The van der Waals surface area contributed by atoms with Crippen molar-refractivity contribution < 1.29 is 51.4 Å². The van der Waals surface area contributed by atoms with E-state index in [9.17, 15) is 0 Å². The molecule has 0 atom stereocenters. The summed E-state index contributed by atoms with van der Waals surface area (Å²) in [6, 6.07) is 10.4. The predicted octanol–water partition coefficient (Wildman–Crippen LogP) is -0.308. The number of halogens is 1. The summed E-state index contributed by atoms with van der Waals surface area (Å²) < 4.78 is 0. The van der Waals surface area contributed by atoms with E-state index in [4.69, 9.17) is 11.6 Å². The van der Waals surface area contributed by atoms with Gasteiger partial charge < -0.3 is 0 Å². The van der Waals surface area contributed by atoms with Crippen molar-refractivity contribution in [3.63, 3.8) is 0 Å². The van der Waals surface area contributed by atoms with Crippen molar-refractivity contribution in [3.05, 3.63) is 41.6 Å². The summed E-state index contributed by atoms with van der Waals surface area (Å²) in [5, 5.41) is 1.68. The molecule has 1 aromatic carbocycles. The molecule has 0 unspecified atom stereocenters. The fourth-order valence-electron chi connectivity index (χ4n) is 0.997. The van der Waals surface area contributed by atoms with Crippen molar-refractivity contribution in [2.24, 2.45) is 0 Å². The zero-order chi connectivity index (χ0) is 7.68. The van der Waals surface area contributed by atoms with Crippen LogP contribution in [-0.2, 0) is 0 Å². The number of hydrogen-bond acceptors (Lipinski definition) is 1. The van der Waals surface area contributed by atoms with Crippen LogP contribution in [0.5, 0.6) is 0 Å². The number of aromatic nitrogens is 1. The number of nitrogens with zero attached hydrogens (tertiary/aromatic N) is 1. The zero-order valence-corrected chi connectivity index (χ0v) is 10.6. The molecule has 1 aromatic heterocycles. The molecule has 0 spiro atoms. The minimum Gasteiger partial charge on any atom is -0.283 e. The molecule has 0 bridgehead atoms. The zero-order valence-electron chi connectivity index (χ0n) is 6.71. The van der Waals surface area contributed by atoms with E-state index in [1.807, 2.05) is 18.2 Å². The monoisotopic (exact) mass is 201 g/mol. The van der Waals surface area contributed by atoms with E-state index in [1.165, 1.54) is 0 Å². The first-order valence-electron chi connectivity index (χ1n) is 3.29. The Balaban J connectivity index is 0.000000720. The molecule has 54 valence electrons. The molecule has 2 rings (SSSR count). The summed E-state index contributed by atoms with van der Waals surface area (Å²) in [6.07, 6.45) is 1.73. The average Bonchev–Trinajstić information content (AvgIpc) is 2.06. The van der Waals surface area contributed by atoms with E-state index in [0.717, 1.165) is 15.9 Å². The Kier molecular flexibility index (Phi) is 4.16. The molecule has 0 amide bonds. The van der Waals surface area contributed by atoms with E-state index >= 15 is 0 Å². The van der Waals surface area contributed by atoms with Gasteiger partial charge in [0.25, 0.3) is 0 Å². The van der Waals surface area contributed by atoms with Crippen LogP contribution in [0.15, 0.2) is 30.5 Å². The van der Waals surface area contributed by atoms with Gasteiger partial charge >= 0.3 is 51.4 Å². The second kappa shape index (κ2) is 4.70. The number of fused-ring (bicyclic) bond motifs is 1. The maximum Gasteiger partial charge on any atom is 1.00 e. The van der Waals surface area contributed by atoms with E-state index in [0.29, 0.717) is 0 Å². The van der Waals surface area contributed by atoms with Crippen molar-refractivity contribution in [1.82, 2.24) is 4.98 Å². The molecule has 0 saturated heterocycles. The van der Waals surface area contributed by atoms with E-state index in [1.54, 1.807) is 12.3 Å². The summed E-state index contributed by atoms with van der Waals surface area (Å²) in [7, 11) is 0. The summed E-state index contributed by atoms with van der Waals surface area (Å²) in [5.41, 5.74) is 0.819. The number of rotatable bonds is 0. The summed E-state index contributed by atoms with van der Waals surface area (Å²) >= 11 is 5.90. The Morgan fingerprint density at radius 1 is 1.33 bits per heavy atom. The van der Waals surface area contributed by atoms with Gasteiger partial charge in [-0.1, -0.05) is 16.5 Å². The van der Waals surface area contributed by atoms with Gasteiger partial charge in [0.1, 0.15) is 0 Å². The van der Waals surface area contributed by atoms with Crippen LogP contribution in [0.3, 0.4) is 0 Å². The third-order valence-electron chi connectivity index (χ3n) is 1.51. The molecule has 0 fully saturated rings. The molecule has 0 N–H and O–H groups in total. The van der Waals surface area contributed by atoms with Gasteiger partial charge in [-0.2, -0.15) is 18.2 Å². The van der Waals surface area contributed by atoms with Crippen molar-refractivity contribution in [3.8, 4) is 0 Å². The Labute approximate surface area is 119 Å². The van der Waals surface area contributed by atoms with Crippen LogP contribution in [0, 0.1) is 6.07 Å². The summed E-state index contributed by atoms with van der Waals surface area (Å²) in [4.78, 5) is 4.10. The Morgan fingerprint density at radius 2 is 2.17 bits per heavy atom. The van der Waals surface area contributed by atoms with Crippen LogP contribution < -0.4 is 51.4 Å². The minimum absolute atomic E-state index is 0. The van der Waals surface area contributed by atoms with Gasteiger partial charge in [-0.15, -0.1) is 17.7 Å². The topological polar surface area (TPSA) is 12.9 Å². The van der Waals surface area contributed by atoms with Crippen LogP contribution in [-0.4, -0.2) is 4.98 Å². The largest absolute Gasteiger partial charge is 1.00 e. The van der Waals surface area contributed by atoms with Crippen LogP contribution >= 0.6 is 11.6 Å². The van der Waals surface area contributed by atoms with Crippen LogP contribution in [0.2, 0.25) is 5.02 Å². The third kappa shape index (κ3) is 2.07. The van der Waals surface area contributed by atoms with Crippen molar-refractivity contribution in [2.75, 3.05) is 0 Å². The van der Waals surface area contributed by atoms with Gasteiger partial charge in [0, 0.05) is 6.20 Å². The molecule has 0 saturated carbocycles. The molecule has 0 aliphatic rings. The SMILES string of the molecule is Clc1cc[c-]c2ncccc12.[K+]. The first-order valence-corrected chi connectivity index (χ1v) is 3.66. The van der Waals surface area contributed by atoms with Crippen molar-refractivity contribution >= 4 is 22.5 Å². The molecule has 0 radical (unpaired) electrons. The quantitative estimate of drug-likeness (QED) is 0.421. The maximum absolute atomic E-state index is 5.90. The second-order valence-corrected chi connectivity index (χ2v) is 2.63. The predicted molar refractivity (Wildman–Crippen MR) is 45.6 cm³/mol. The summed E-state index contributed by atoms with van der Waals surface area (Å²) in [6.45, 7) is 0.